The molecule has 0 saturated heterocycles. The van der Waals surface area contributed by atoms with Crippen LogP contribution in [0.4, 0.5) is 0 Å². The third kappa shape index (κ3) is 6.11. The Morgan fingerprint density at radius 1 is 1.29 bits per heavy atom. The molecule has 1 aromatic rings. The zero-order valence-corrected chi connectivity index (χ0v) is 15.4. The maximum absolute atomic E-state index is 5.85. The lowest BCUT2D eigenvalue weighted by molar-refractivity contribution is 0.324. The first-order chi connectivity index (χ1) is 9.70. The first kappa shape index (κ1) is 18.1. The maximum Gasteiger partial charge on any atom is 0.191 e. The van der Waals surface area contributed by atoms with E-state index in [1.807, 2.05) is 0 Å². The summed E-state index contributed by atoms with van der Waals surface area (Å²) in [7, 11) is 0. The summed E-state index contributed by atoms with van der Waals surface area (Å²) in [4.78, 5) is 4.54. The molecule has 0 aliphatic heterocycles. The van der Waals surface area contributed by atoms with E-state index in [4.69, 9.17) is 4.74 Å². The average Bonchev–Trinajstić information content (AvgIpc) is 3.21. The molecular formula is C16H26IN3O. The van der Waals surface area contributed by atoms with Gasteiger partial charge in [0.15, 0.2) is 5.96 Å². The van der Waals surface area contributed by atoms with E-state index >= 15 is 0 Å². The van der Waals surface area contributed by atoms with Gasteiger partial charge in [-0.3, -0.25) is 0 Å². The third-order valence-corrected chi connectivity index (χ3v) is 3.28. The molecule has 0 radical (unpaired) electrons. The van der Waals surface area contributed by atoms with Gasteiger partial charge in [0.05, 0.1) is 6.54 Å². The summed E-state index contributed by atoms with van der Waals surface area (Å²) in [5.41, 5.74) is 2.36. The van der Waals surface area contributed by atoms with E-state index in [0.29, 0.717) is 19.2 Å². The number of hydrogen-bond acceptors (Lipinski definition) is 2. The highest BCUT2D eigenvalue weighted by atomic mass is 127. The molecule has 21 heavy (non-hydrogen) atoms. The van der Waals surface area contributed by atoms with Gasteiger partial charge in [0.1, 0.15) is 12.4 Å². The van der Waals surface area contributed by atoms with Crippen LogP contribution < -0.4 is 15.4 Å². The summed E-state index contributed by atoms with van der Waals surface area (Å²) < 4.78 is 5.85. The van der Waals surface area contributed by atoms with Crippen LogP contribution in [0.15, 0.2) is 23.2 Å². The number of nitrogens with zero attached hydrogens (tertiary/aromatic N) is 1. The number of guanidine groups is 1. The lowest BCUT2D eigenvalue weighted by Crippen LogP contribution is -2.38. The van der Waals surface area contributed by atoms with Crippen molar-refractivity contribution >= 4 is 29.9 Å². The molecule has 0 amide bonds. The van der Waals surface area contributed by atoms with Crippen molar-refractivity contribution < 1.29 is 4.74 Å². The number of hydrogen-bond donors (Lipinski definition) is 2. The van der Waals surface area contributed by atoms with Gasteiger partial charge in [-0.2, -0.15) is 0 Å². The highest BCUT2D eigenvalue weighted by Gasteiger charge is 2.21. The van der Waals surface area contributed by atoms with Crippen LogP contribution in [0, 0.1) is 13.8 Å². The monoisotopic (exact) mass is 403 g/mol. The van der Waals surface area contributed by atoms with Gasteiger partial charge < -0.3 is 15.4 Å². The minimum absolute atomic E-state index is 0. The summed E-state index contributed by atoms with van der Waals surface area (Å²) in [6.45, 7) is 8.38. The Morgan fingerprint density at radius 3 is 2.52 bits per heavy atom. The van der Waals surface area contributed by atoms with Crippen LogP contribution >= 0.6 is 24.0 Å². The average molecular weight is 403 g/mol. The zero-order valence-electron chi connectivity index (χ0n) is 13.1. The minimum atomic E-state index is 0. The topological polar surface area (TPSA) is 45.7 Å². The number of para-hydroxylation sites is 1. The highest BCUT2D eigenvalue weighted by Crippen LogP contribution is 2.22. The standard InChI is InChI=1S/C16H25N3O.HI/c1-4-17-16(19-14-8-9-14)18-10-11-20-15-12(2)6-5-7-13(15)3;/h5-7,14H,4,8-11H2,1-3H3,(H2,17,18,19);1H. The molecule has 5 heteroatoms. The van der Waals surface area contributed by atoms with Gasteiger partial charge in [-0.05, 0) is 44.7 Å². The molecule has 1 aliphatic carbocycles. The Morgan fingerprint density at radius 2 is 1.95 bits per heavy atom. The molecule has 1 aliphatic rings. The third-order valence-electron chi connectivity index (χ3n) is 3.28. The second-order valence-electron chi connectivity index (χ2n) is 5.25. The van der Waals surface area contributed by atoms with E-state index in [9.17, 15) is 0 Å². The number of nitrogens with one attached hydrogen (secondary N) is 2. The fourth-order valence-corrected chi connectivity index (χ4v) is 2.07. The predicted molar refractivity (Wildman–Crippen MR) is 99.0 cm³/mol. The van der Waals surface area contributed by atoms with Gasteiger partial charge in [0.25, 0.3) is 0 Å². The first-order valence-corrected chi connectivity index (χ1v) is 7.44. The van der Waals surface area contributed by atoms with E-state index in [1.54, 1.807) is 0 Å². The second-order valence-corrected chi connectivity index (χ2v) is 5.25. The largest absolute Gasteiger partial charge is 0.491 e. The van der Waals surface area contributed by atoms with Crippen LogP contribution in [-0.4, -0.2) is 31.7 Å². The van der Waals surface area contributed by atoms with Crippen molar-refractivity contribution in [1.82, 2.24) is 10.6 Å². The molecule has 0 heterocycles. The molecular weight excluding hydrogens is 377 g/mol. The Hall–Kier alpha value is -0.980. The molecule has 0 unspecified atom stereocenters. The van der Waals surface area contributed by atoms with Crippen LogP contribution in [0.1, 0.15) is 30.9 Å². The quantitative estimate of drug-likeness (QED) is 0.332. The highest BCUT2D eigenvalue weighted by molar-refractivity contribution is 14.0. The summed E-state index contributed by atoms with van der Waals surface area (Å²) in [5, 5.41) is 6.66. The number of halogens is 1. The summed E-state index contributed by atoms with van der Waals surface area (Å²) in [6, 6.07) is 6.82. The van der Waals surface area contributed by atoms with E-state index < -0.39 is 0 Å². The Balaban J connectivity index is 0.00000220. The summed E-state index contributed by atoms with van der Waals surface area (Å²) >= 11 is 0. The van der Waals surface area contributed by atoms with Gasteiger partial charge in [0.2, 0.25) is 0 Å². The Bertz CT molecular complexity index is 452. The molecule has 4 nitrogen and oxygen atoms in total. The van der Waals surface area contributed by atoms with Crippen molar-refractivity contribution in [2.75, 3.05) is 19.7 Å². The Kier molecular flexibility index (Phi) is 7.85. The van der Waals surface area contributed by atoms with Crippen molar-refractivity contribution in [2.24, 2.45) is 4.99 Å². The molecule has 0 atom stereocenters. The molecule has 1 aromatic carbocycles. The van der Waals surface area contributed by atoms with E-state index in [0.717, 1.165) is 18.3 Å². The number of benzene rings is 1. The molecule has 2 N–H and O–H groups in total. The molecule has 0 spiro atoms. The van der Waals surface area contributed by atoms with Crippen LogP contribution in [-0.2, 0) is 0 Å². The van der Waals surface area contributed by atoms with Gasteiger partial charge in [-0.1, -0.05) is 18.2 Å². The van der Waals surface area contributed by atoms with Crippen molar-refractivity contribution in [2.45, 2.75) is 39.7 Å². The maximum atomic E-state index is 5.85. The predicted octanol–water partition coefficient (Wildman–Crippen LogP) is 3.02. The van der Waals surface area contributed by atoms with E-state index in [-0.39, 0.29) is 24.0 Å². The number of aliphatic imine (C=N–C) groups is 1. The van der Waals surface area contributed by atoms with Gasteiger partial charge in [-0.15, -0.1) is 24.0 Å². The van der Waals surface area contributed by atoms with Crippen LogP contribution in [0.2, 0.25) is 0 Å². The van der Waals surface area contributed by atoms with Gasteiger partial charge in [0, 0.05) is 12.6 Å². The van der Waals surface area contributed by atoms with Crippen molar-refractivity contribution in [3.63, 3.8) is 0 Å². The number of aryl methyl sites for hydroxylation is 2. The molecule has 2 rings (SSSR count). The van der Waals surface area contributed by atoms with E-state index in [2.05, 4.69) is 54.6 Å². The lowest BCUT2D eigenvalue weighted by Gasteiger charge is -2.12. The fraction of sp³-hybridized carbons (Fsp3) is 0.562. The molecule has 1 fully saturated rings. The second kappa shape index (κ2) is 9.12. The molecule has 1 saturated carbocycles. The zero-order chi connectivity index (χ0) is 14.4. The van der Waals surface area contributed by atoms with Crippen LogP contribution in [0.3, 0.4) is 0 Å². The van der Waals surface area contributed by atoms with Crippen molar-refractivity contribution in [3.8, 4) is 5.75 Å². The summed E-state index contributed by atoms with van der Waals surface area (Å²) in [6.07, 6.45) is 2.51. The molecule has 118 valence electrons. The van der Waals surface area contributed by atoms with Crippen molar-refractivity contribution in [1.29, 1.82) is 0 Å². The molecule has 0 bridgehead atoms. The molecule has 0 aromatic heterocycles. The van der Waals surface area contributed by atoms with Crippen LogP contribution in [0.5, 0.6) is 5.75 Å². The number of ether oxygens (including phenoxy) is 1. The fourth-order valence-electron chi connectivity index (χ4n) is 2.07. The van der Waals surface area contributed by atoms with Gasteiger partial charge >= 0.3 is 0 Å². The lowest BCUT2D eigenvalue weighted by atomic mass is 10.1. The SMILES string of the molecule is CCNC(=NCCOc1c(C)cccc1C)NC1CC1.I. The normalized spacial score (nSPS) is 14.3. The minimum Gasteiger partial charge on any atom is -0.491 e. The van der Waals surface area contributed by atoms with E-state index in [1.165, 1.54) is 24.0 Å². The van der Waals surface area contributed by atoms with Crippen LogP contribution in [0.25, 0.3) is 0 Å². The first-order valence-electron chi connectivity index (χ1n) is 7.44. The van der Waals surface area contributed by atoms with Crippen molar-refractivity contribution in [3.05, 3.63) is 29.3 Å². The van der Waals surface area contributed by atoms with Gasteiger partial charge in [-0.25, -0.2) is 4.99 Å². The number of rotatable bonds is 6. The summed E-state index contributed by atoms with van der Waals surface area (Å²) in [5.74, 6) is 1.89. The smallest absolute Gasteiger partial charge is 0.191 e. The Labute approximate surface area is 144 Å².